The molecule has 3 aromatic rings. The molecular formula is C23H19N5O3S3. The molecule has 1 fully saturated rings. The Balaban J connectivity index is 1.54. The number of carbonyl (C=O) groups is 1. The molecule has 1 saturated heterocycles. The fourth-order valence-corrected chi connectivity index (χ4v) is 6.32. The van der Waals surface area contributed by atoms with Gasteiger partial charge >= 0.3 is 0 Å². The summed E-state index contributed by atoms with van der Waals surface area (Å²) in [4.78, 5) is 27.5. The fraction of sp³-hybridized carbons (Fsp3) is 0.0870. The van der Waals surface area contributed by atoms with E-state index in [1.165, 1.54) is 23.9 Å². The number of rotatable bonds is 4. The number of aliphatic imine (C=N–C) groups is 1. The van der Waals surface area contributed by atoms with Gasteiger partial charge in [0.1, 0.15) is 9.80 Å². The number of benzene rings is 2. The zero-order chi connectivity index (χ0) is 23.9. The Morgan fingerprint density at radius 1 is 1.00 bits per heavy atom. The number of nitrogens with zero attached hydrogens (tertiary/aromatic N) is 4. The Morgan fingerprint density at radius 3 is 2.41 bits per heavy atom. The Kier molecular flexibility index (Phi) is 5.94. The third-order valence-electron chi connectivity index (χ3n) is 5.24. The van der Waals surface area contributed by atoms with Gasteiger partial charge in [-0.25, -0.2) is 23.5 Å². The number of carbonyl (C=O) groups excluding carboxylic acids is 1. The predicted molar refractivity (Wildman–Crippen MR) is 135 cm³/mol. The summed E-state index contributed by atoms with van der Waals surface area (Å²) in [6.07, 6.45) is 1.16. The van der Waals surface area contributed by atoms with Crippen molar-refractivity contribution >= 4 is 56.1 Å². The van der Waals surface area contributed by atoms with Gasteiger partial charge in [0, 0.05) is 18.1 Å². The van der Waals surface area contributed by atoms with Crippen molar-refractivity contribution in [3.8, 4) is 0 Å². The lowest BCUT2D eigenvalue weighted by molar-refractivity contribution is -0.122. The normalized spacial score (nSPS) is 19.2. The van der Waals surface area contributed by atoms with E-state index < -0.39 is 10.0 Å². The second kappa shape index (κ2) is 8.91. The number of amidine groups is 1. The Bertz CT molecular complexity index is 1440. The van der Waals surface area contributed by atoms with Crippen LogP contribution in [-0.2, 0) is 21.4 Å². The van der Waals surface area contributed by atoms with Crippen LogP contribution in [0.15, 0.2) is 97.6 Å². The molecule has 1 amide bonds. The highest BCUT2D eigenvalue weighted by Crippen LogP contribution is 2.50. The molecule has 0 spiro atoms. The largest absolute Gasteiger partial charge is 0.337 e. The summed E-state index contributed by atoms with van der Waals surface area (Å²) in [5.74, 6) is 0.138. The van der Waals surface area contributed by atoms with Gasteiger partial charge in [0.05, 0.1) is 17.3 Å². The van der Waals surface area contributed by atoms with Crippen molar-refractivity contribution in [1.29, 1.82) is 0 Å². The molecule has 2 aliphatic heterocycles. The molecule has 34 heavy (non-hydrogen) atoms. The van der Waals surface area contributed by atoms with E-state index in [9.17, 15) is 13.2 Å². The molecule has 2 aliphatic rings. The molecule has 0 saturated carbocycles. The molecule has 1 aromatic heterocycles. The number of amides is 1. The summed E-state index contributed by atoms with van der Waals surface area (Å²) in [6.45, 7) is 0.346. The number of pyridine rings is 1. The van der Waals surface area contributed by atoms with Crippen LogP contribution in [0.5, 0.6) is 0 Å². The van der Waals surface area contributed by atoms with Crippen molar-refractivity contribution in [3.63, 3.8) is 0 Å². The van der Waals surface area contributed by atoms with Crippen LogP contribution in [0, 0.1) is 0 Å². The lowest BCUT2D eigenvalue weighted by Gasteiger charge is -2.16. The predicted octanol–water partition coefficient (Wildman–Crippen LogP) is 3.90. The number of thioether (sulfide) groups is 2. The quantitative estimate of drug-likeness (QED) is 0.531. The molecule has 5 rings (SSSR count). The van der Waals surface area contributed by atoms with Crippen LogP contribution in [0.3, 0.4) is 0 Å². The first kappa shape index (κ1) is 22.7. The second-order valence-corrected chi connectivity index (χ2v) is 11.1. The van der Waals surface area contributed by atoms with Crippen molar-refractivity contribution in [1.82, 2.24) is 9.88 Å². The fourth-order valence-electron chi connectivity index (χ4n) is 3.53. The van der Waals surface area contributed by atoms with Gasteiger partial charge in [0.15, 0.2) is 11.0 Å². The van der Waals surface area contributed by atoms with Crippen LogP contribution in [-0.4, -0.2) is 36.4 Å². The summed E-state index contributed by atoms with van der Waals surface area (Å²) in [5.41, 5.74) is 2.01. The summed E-state index contributed by atoms with van der Waals surface area (Å²) >= 11 is 2.84. The highest BCUT2D eigenvalue weighted by molar-refractivity contribution is 8.19. The minimum Gasteiger partial charge on any atom is -0.337 e. The van der Waals surface area contributed by atoms with E-state index in [0.29, 0.717) is 16.6 Å². The van der Waals surface area contributed by atoms with Gasteiger partial charge in [-0.1, -0.05) is 54.2 Å². The van der Waals surface area contributed by atoms with Gasteiger partial charge in [-0.15, -0.1) is 0 Å². The van der Waals surface area contributed by atoms with E-state index in [4.69, 9.17) is 5.14 Å². The minimum absolute atomic E-state index is 0.0997. The first-order chi connectivity index (χ1) is 16.3. The number of fused-ring (bicyclic) bond motifs is 1. The molecule has 0 radical (unpaired) electrons. The number of aromatic nitrogens is 1. The van der Waals surface area contributed by atoms with E-state index in [0.717, 1.165) is 27.4 Å². The number of hydrogen-bond donors (Lipinski definition) is 1. The van der Waals surface area contributed by atoms with Crippen molar-refractivity contribution in [2.75, 3.05) is 11.9 Å². The van der Waals surface area contributed by atoms with Crippen LogP contribution in [0.2, 0.25) is 0 Å². The molecular weight excluding hydrogens is 490 g/mol. The smallest absolute Gasteiger partial charge is 0.269 e. The SMILES string of the molecule is CN1C(=C2SC(=Nc3ccc(S(N)(=O)=O)cn3)N(Cc3ccccc3)C2=O)Sc2ccccc21. The van der Waals surface area contributed by atoms with Gasteiger partial charge in [0.2, 0.25) is 10.0 Å². The number of anilines is 1. The van der Waals surface area contributed by atoms with E-state index in [1.807, 2.05) is 66.5 Å². The molecule has 0 atom stereocenters. The zero-order valence-corrected chi connectivity index (χ0v) is 20.4. The van der Waals surface area contributed by atoms with Crippen LogP contribution in [0.25, 0.3) is 0 Å². The maximum Gasteiger partial charge on any atom is 0.269 e. The summed E-state index contributed by atoms with van der Waals surface area (Å²) in [5, 5.41) is 6.47. The number of sulfonamides is 1. The van der Waals surface area contributed by atoms with E-state index in [1.54, 1.807) is 16.7 Å². The Labute approximate surface area is 205 Å². The maximum absolute atomic E-state index is 13.6. The second-order valence-electron chi connectivity index (χ2n) is 7.53. The highest BCUT2D eigenvalue weighted by atomic mass is 32.2. The van der Waals surface area contributed by atoms with Crippen LogP contribution in [0.1, 0.15) is 5.56 Å². The van der Waals surface area contributed by atoms with Crippen molar-refractivity contribution in [2.24, 2.45) is 10.1 Å². The number of hydrogen-bond acceptors (Lipinski definition) is 8. The minimum atomic E-state index is -3.86. The van der Waals surface area contributed by atoms with E-state index in [-0.39, 0.29) is 16.6 Å². The lowest BCUT2D eigenvalue weighted by atomic mass is 10.2. The summed E-state index contributed by atoms with van der Waals surface area (Å²) in [6, 6.07) is 20.5. The summed E-state index contributed by atoms with van der Waals surface area (Å²) in [7, 11) is -1.91. The molecule has 0 unspecified atom stereocenters. The molecule has 172 valence electrons. The van der Waals surface area contributed by atoms with Crippen molar-refractivity contribution < 1.29 is 13.2 Å². The summed E-state index contributed by atoms with van der Waals surface area (Å²) < 4.78 is 23.1. The van der Waals surface area contributed by atoms with Crippen LogP contribution >= 0.6 is 23.5 Å². The van der Waals surface area contributed by atoms with Gasteiger partial charge < -0.3 is 4.90 Å². The zero-order valence-electron chi connectivity index (χ0n) is 18.0. The average Bonchev–Trinajstić information content (AvgIpc) is 3.31. The maximum atomic E-state index is 13.6. The van der Waals surface area contributed by atoms with E-state index >= 15 is 0 Å². The van der Waals surface area contributed by atoms with Crippen LogP contribution in [0.4, 0.5) is 11.5 Å². The number of para-hydroxylation sites is 1. The molecule has 0 bridgehead atoms. The standard InChI is InChI=1S/C23H19N5O3S3/c1-27-17-9-5-6-10-18(17)32-22(27)20-21(29)28(14-15-7-3-2-4-8-15)23(33-20)26-19-12-11-16(13-25-19)34(24,30)31/h2-13H,14H2,1H3,(H2,24,30,31). The first-order valence-electron chi connectivity index (χ1n) is 10.2. The molecule has 2 N–H and O–H groups in total. The number of primary sulfonamides is 1. The Hall–Kier alpha value is -3.12. The van der Waals surface area contributed by atoms with Crippen molar-refractivity contribution in [2.45, 2.75) is 16.3 Å². The average molecular weight is 510 g/mol. The molecule has 8 nitrogen and oxygen atoms in total. The van der Waals surface area contributed by atoms with Gasteiger partial charge in [-0.2, -0.15) is 0 Å². The van der Waals surface area contributed by atoms with Crippen LogP contribution < -0.4 is 10.0 Å². The topological polar surface area (TPSA) is 109 Å². The third kappa shape index (κ3) is 4.34. The molecule has 3 heterocycles. The lowest BCUT2D eigenvalue weighted by Crippen LogP contribution is -2.29. The van der Waals surface area contributed by atoms with Crippen molar-refractivity contribution in [3.05, 3.63) is 88.4 Å². The van der Waals surface area contributed by atoms with Gasteiger partial charge in [-0.05, 0) is 41.6 Å². The molecule has 11 heteroatoms. The van der Waals surface area contributed by atoms with E-state index in [2.05, 4.69) is 9.98 Å². The third-order valence-corrected chi connectivity index (χ3v) is 8.57. The Morgan fingerprint density at radius 2 is 1.74 bits per heavy atom. The number of nitrogens with two attached hydrogens (primary N) is 1. The molecule has 0 aliphatic carbocycles. The van der Waals surface area contributed by atoms with Gasteiger partial charge in [-0.3, -0.25) is 9.69 Å². The highest BCUT2D eigenvalue weighted by Gasteiger charge is 2.39. The first-order valence-corrected chi connectivity index (χ1v) is 13.4. The van der Waals surface area contributed by atoms with Gasteiger partial charge in [0.25, 0.3) is 5.91 Å². The molecule has 2 aromatic carbocycles. The monoisotopic (exact) mass is 509 g/mol.